The Labute approximate surface area is 297 Å². The van der Waals surface area contributed by atoms with Gasteiger partial charge in [0.15, 0.2) is 0 Å². The molecule has 6 heterocycles. The first-order valence-electron chi connectivity index (χ1n) is 18.0. The first-order valence-corrected chi connectivity index (χ1v) is 20.3. The largest absolute Gasteiger partial charge is 0.480 e. The van der Waals surface area contributed by atoms with Crippen molar-refractivity contribution in [1.82, 2.24) is 44.6 Å². The minimum absolute atomic E-state index is 0.0404. The van der Waals surface area contributed by atoms with Crippen LogP contribution in [0, 0.1) is 0 Å². The lowest BCUT2D eigenvalue weighted by atomic mass is 10.2. The van der Waals surface area contributed by atoms with Gasteiger partial charge in [-0.1, -0.05) is 58.9 Å². The predicted molar refractivity (Wildman–Crippen MR) is 196 cm³/mol. The van der Waals surface area contributed by atoms with Gasteiger partial charge in [-0.15, -0.1) is 5.10 Å². The van der Waals surface area contributed by atoms with Gasteiger partial charge in [0.05, 0.1) is 47.7 Å². The van der Waals surface area contributed by atoms with Crippen molar-refractivity contribution in [1.29, 1.82) is 0 Å². The molecule has 2 N–H and O–H groups in total. The fraction of sp³-hybridized carbons (Fsp3) is 0.611. The van der Waals surface area contributed by atoms with E-state index in [1.165, 1.54) is 0 Å². The number of hydrogen-bond donors (Lipinski definition) is 2. The first kappa shape index (κ1) is 37.7. The fourth-order valence-corrected chi connectivity index (χ4v) is 14.9. The summed E-state index contributed by atoms with van der Waals surface area (Å²) in [6.07, 6.45) is 0. The molecule has 0 atom stereocenters. The van der Waals surface area contributed by atoms with E-state index < -0.39 is 20.0 Å². The van der Waals surface area contributed by atoms with Gasteiger partial charge in [0.2, 0.25) is 0 Å². The van der Waals surface area contributed by atoms with E-state index in [4.69, 9.17) is 20.3 Å². The van der Waals surface area contributed by atoms with Crippen LogP contribution in [0.5, 0.6) is 0 Å². The highest BCUT2D eigenvalue weighted by atomic mass is 28.3. The Hall–Kier alpha value is -3.56. The number of pyridine rings is 2. The van der Waals surface area contributed by atoms with Crippen LogP contribution < -0.4 is 5.32 Å². The molecule has 6 rings (SSSR count). The summed E-state index contributed by atoms with van der Waals surface area (Å²) in [7, 11) is -2.25. The molecular formula is C36H55N9O4Si. The third kappa shape index (κ3) is 8.83. The van der Waals surface area contributed by atoms with Crippen LogP contribution >= 0.6 is 0 Å². The van der Waals surface area contributed by atoms with Gasteiger partial charge in [0.25, 0.3) is 0 Å². The molecule has 0 aromatic carbocycles. The molecule has 0 unspecified atom stereocenters. The summed E-state index contributed by atoms with van der Waals surface area (Å²) < 4.78 is 2.01. The van der Waals surface area contributed by atoms with E-state index in [-0.39, 0.29) is 13.1 Å². The molecule has 50 heavy (non-hydrogen) atoms. The molecule has 13 nitrogen and oxygen atoms in total. The molecule has 3 aliphatic rings. The minimum Gasteiger partial charge on any atom is -0.480 e. The summed E-state index contributed by atoms with van der Waals surface area (Å²) in [5.74, 6) is -1.70. The second kappa shape index (κ2) is 16.6. The van der Waals surface area contributed by atoms with E-state index in [0.717, 1.165) is 33.8 Å². The topological polar surface area (TPSA) is 144 Å². The second-order valence-electron chi connectivity index (χ2n) is 14.9. The molecule has 0 radical (unpaired) electrons. The van der Waals surface area contributed by atoms with Crippen molar-refractivity contribution in [3.05, 3.63) is 53.5 Å². The molecular weight excluding hydrogens is 651 g/mol. The highest BCUT2D eigenvalue weighted by Crippen LogP contribution is 2.42. The number of aliphatic carboxylic acids is 2. The van der Waals surface area contributed by atoms with Crippen LogP contribution in [0.1, 0.15) is 58.6 Å². The number of rotatable bonds is 8. The Bertz CT molecular complexity index is 1560. The van der Waals surface area contributed by atoms with Crippen molar-refractivity contribution in [2.75, 3.05) is 65.4 Å². The van der Waals surface area contributed by atoms with Crippen molar-refractivity contribution in [2.45, 2.75) is 77.8 Å². The van der Waals surface area contributed by atoms with Crippen LogP contribution in [0.15, 0.2) is 36.4 Å². The highest BCUT2D eigenvalue weighted by Gasteiger charge is 2.49. The van der Waals surface area contributed by atoms with E-state index in [0.29, 0.717) is 88.6 Å². The van der Waals surface area contributed by atoms with Crippen LogP contribution in [-0.2, 0) is 29.2 Å². The third-order valence-corrected chi connectivity index (χ3v) is 17.5. The molecule has 6 bridgehead atoms. The van der Waals surface area contributed by atoms with Crippen molar-refractivity contribution in [2.24, 2.45) is 0 Å². The Balaban J connectivity index is 1.67. The summed E-state index contributed by atoms with van der Waals surface area (Å²) in [6.45, 7) is 20.3. The average Bonchev–Trinajstić information content (AvgIpc) is 3.44. The van der Waals surface area contributed by atoms with E-state index in [1.54, 1.807) is 0 Å². The molecule has 0 spiro atoms. The molecule has 1 fully saturated rings. The maximum Gasteiger partial charge on any atom is 0.317 e. The zero-order chi connectivity index (χ0) is 36.0. The van der Waals surface area contributed by atoms with E-state index in [2.05, 4.69) is 63.5 Å². The van der Waals surface area contributed by atoms with Crippen LogP contribution in [-0.4, -0.2) is 140 Å². The highest BCUT2D eigenvalue weighted by molar-refractivity contribution is 6.95. The number of hydrogen-bond acceptors (Lipinski definition) is 10. The van der Waals surface area contributed by atoms with Gasteiger partial charge in [0.1, 0.15) is 13.8 Å². The van der Waals surface area contributed by atoms with E-state index in [1.807, 2.05) is 38.7 Å². The van der Waals surface area contributed by atoms with Crippen molar-refractivity contribution >= 4 is 25.3 Å². The average molecular weight is 706 g/mol. The molecule has 0 amide bonds. The van der Waals surface area contributed by atoms with Gasteiger partial charge >= 0.3 is 11.9 Å². The normalized spacial score (nSPS) is 20.2. The van der Waals surface area contributed by atoms with Gasteiger partial charge in [-0.05, 0) is 40.9 Å². The van der Waals surface area contributed by atoms with Gasteiger partial charge in [0, 0.05) is 65.4 Å². The van der Waals surface area contributed by atoms with Gasteiger partial charge in [-0.25, -0.2) is 9.67 Å². The van der Waals surface area contributed by atoms with E-state index in [9.17, 15) is 19.8 Å². The first-order chi connectivity index (χ1) is 23.9. The van der Waals surface area contributed by atoms with Crippen LogP contribution in [0.25, 0.3) is 11.4 Å². The smallest absolute Gasteiger partial charge is 0.317 e. The molecule has 272 valence electrons. The summed E-state index contributed by atoms with van der Waals surface area (Å²) in [5.41, 5.74) is 5.75. The number of carboxylic acid groups (broad SMARTS) is 2. The summed E-state index contributed by atoms with van der Waals surface area (Å²) in [4.78, 5) is 42.7. The van der Waals surface area contributed by atoms with E-state index >= 15 is 0 Å². The minimum atomic E-state index is -2.25. The maximum atomic E-state index is 11.9. The molecule has 3 aromatic heterocycles. The monoisotopic (exact) mass is 705 g/mol. The van der Waals surface area contributed by atoms with Crippen molar-refractivity contribution in [3.63, 3.8) is 0 Å². The quantitative estimate of drug-likeness (QED) is 0.333. The Morgan fingerprint density at radius 3 is 1.56 bits per heavy atom. The number of carboxylic acids is 2. The standard InChI is InChI=1S/C36H55N9O4Si/c1-26(2)50(27(3)4,28(5)6)36-35-32-12-8-11-30(38-32)22-42-15-19-43(24-33(46)47)17-13-41(14-18-44(20-16-42)25-34(48)49)21-29-9-7-10-31(37-29)23-45(35)40-39-36/h7-12,26-28H,13-25H2,1-6H3,(H,46,47)(H,48,49). The molecule has 0 aliphatic carbocycles. The molecule has 14 heteroatoms. The molecule has 3 aliphatic heterocycles. The number of nitrogens with zero attached hydrogens (tertiary/aromatic N) is 9. The number of fused-ring (bicyclic) bond motifs is 8. The van der Waals surface area contributed by atoms with Crippen molar-refractivity contribution < 1.29 is 19.8 Å². The van der Waals surface area contributed by atoms with Gasteiger partial charge in [-0.2, -0.15) is 0 Å². The molecule has 1 saturated heterocycles. The predicted octanol–water partition coefficient (Wildman–Crippen LogP) is 3.07. The zero-order valence-corrected chi connectivity index (χ0v) is 31.6. The van der Waals surface area contributed by atoms with Crippen LogP contribution in [0.3, 0.4) is 0 Å². The van der Waals surface area contributed by atoms with Gasteiger partial charge < -0.3 is 10.2 Å². The lowest BCUT2D eigenvalue weighted by Gasteiger charge is -2.41. The lowest BCUT2D eigenvalue weighted by molar-refractivity contribution is -0.139. The maximum absolute atomic E-state index is 11.9. The Morgan fingerprint density at radius 2 is 1.10 bits per heavy atom. The number of carbonyl (C=O) groups is 2. The third-order valence-electron chi connectivity index (χ3n) is 10.7. The van der Waals surface area contributed by atoms with Crippen LogP contribution in [0.2, 0.25) is 16.6 Å². The fourth-order valence-electron chi connectivity index (χ4n) is 8.40. The summed E-state index contributed by atoms with van der Waals surface area (Å²) in [6, 6.07) is 12.2. The Morgan fingerprint density at radius 1 is 0.660 bits per heavy atom. The second-order valence-corrected chi connectivity index (χ2v) is 20.7. The van der Waals surface area contributed by atoms with Gasteiger partial charge in [-0.3, -0.25) is 34.2 Å². The SMILES string of the molecule is CC(C)[Si](c1nnn2c1-c1cccc(n1)CN1CCN(CC(=O)O)CCN(CCN(CC(=O)O)CC1)Cc1cccc(n1)C2)(C(C)C)C(C)C. The van der Waals surface area contributed by atoms with Crippen molar-refractivity contribution in [3.8, 4) is 11.4 Å². The molecule has 0 saturated carbocycles. The summed E-state index contributed by atoms with van der Waals surface area (Å²) in [5, 5.41) is 30.5. The van der Waals surface area contributed by atoms with Crippen LogP contribution in [0.4, 0.5) is 0 Å². The summed E-state index contributed by atoms with van der Waals surface area (Å²) >= 11 is 0. The lowest BCUT2D eigenvalue weighted by Crippen LogP contribution is -2.57. The Kier molecular flexibility index (Phi) is 12.5. The number of aromatic nitrogens is 5. The molecule has 3 aromatic rings. The zero-order valence-electron chi connectivity index (χ0n) is 30.6.